The SMILES string of the molecule is CN=C(NCc1cc(C)cc(OC)c1)NC(C)C.I. The zero-order valence-corrected chi connectivity index (χ0v) is 14.6. The summed E-state index contributed by atoms with van der Waals surface area (Å²) >= 11 is 0. The number of aryl methyl sites for hydroxylation is 1. The van der Waals surface area contributed by atoms with E-state index in [1.165, 1.54) is 11.1 Å². The predicted molar refractivity (Wildman–Crippen MR) is 91.6 cm³/mol. The van der Waals surface area contributed by atoms with Crippen molar-refractivity contribution < 1.29 is 4.74 Å². The molecule has 108 valence electrons. The van der Waals surface area contributed by atoms with Crippen LogP contribution in [0.15, 0.2) is 23.2 Å². The molecule has 0 aliphatic rings. The van der Waals surface area contributed by atoms with Gasteiger partial charge >= 0.3 is 0 Å². The summed E-state index contributed by atoms with van der Waals surface area (Å²) in [6.07, 6.45) is 0. The van der Waals surface area contributed by atoms with Crippen LogP contribution in [0.3, 0.4) is 0 Å². The van der Waals surface area contributed by atoms with E-state index >= 15 is 0 Å². The van der Waals surface area contributed by atoms with Crippen LogP contribution in [-0.4, -0.2) is 26.2 Å². The molecule has 0 heterocycles. The number of nitrogens with zero attached hydrogens (tertiary/aromatic N) is 1. The Morgan fingerprint density at radius 2 is 2.00 bits per heavy atom. The third-order valence-corrected chi connectivity index (χ3v) is 2.46. The number of rotatable bonds is 4. The van der Waals surface area contributed by atoms with Crippen molar-refractivity contribution in [3.63, 3.8) is 0 Å². The topological polar surface area (TPSA) is 45.7 Å². The summed E-state index contributed by atoms with van der Waals surface area (Å²) < 4.78 is 5.26. The molecule has 0 aliphatic carbocycles. The second-order valence-corrected chi connectivity index (χ2v) is 4.58. The van der Waals surface area contributed by atoms with E-state index in [0.29, 0.717) is 6.04 Å². The van der Waals surface area contributed by atoms with Crippen molar-refractivity contribution >= 4 is 29.9 Å². The Labute approximate surface area is 133 Å². The van der Waals surface area contributed by atoms with Gasteiger partial charge in [0.1, 0.15) is 5.75 Å². The molecule has 2 N–H and O–H groups in total. The van der Waals surface area contributed by atoms with Crippen molar-refractivity contribution in [1.29, 1.82) is 0 Å². The van der Waals surface area contributed by atoms with Crippen LogP contribution in [0.1, 0.15) is 25.0 Å². The fourth-order valence-corrected chi connectivity index (χ4v) is 1.70. The minimum atomic E-state index is 0. The largest absolute Gasteiger partial charge is 0.497 e. The summed E-state index contributed by atoms with van der Waals surface area (Å²) in [6, 6.07) is 6.55. The molecule has 0 saturated heterocycles. The molecule has 0 atom stereocenters. The number of methoxy groups -OCH3 is 1. The number of hydrogen-bond acceptors (Lipinski definition) is 2. The second kappa shape index (κ2) is 9.01. The fraction of sp³-hybridized carbons (Fsp3) is 0.500. The van der Waals surface area contributed by atoms with Crippen LogP contribution in [-0.2, 0) is 6.54 Å². The Balaban J connectivity index is 0.00000324. The van der Waals surface area contributed by atoms with Gasteiger partial charge in [-0.15, -0.1) is 24.0 Å². The molecule has 19 heavy (non-hydrogen) atoms. The molecule has 0 spiro atoms. The van der Waals surface area contributed by atoms with Crippen LogP contribution < -0.4 is 15.4 Å². The number of benzene rings is 1. The number of guanidine groups is 1. The standard InChI is InChI=1S/C14H23N3O.HI/c1-10(2)17-14(15-4)16-9-12-6-11(3)7-13(8-12)18-5;/h6-8,10H,9H2,1-5H3,(H2,15,16,17);1H. The first kappa shape index (κ1) is 18.0. The average molecular weight is 377 g/mol. The van der Waals surface area contributed by atoms with Gasteiger partial charge in [0.2, 0.25) is 0 Å². The van der Waals surface area contributed by atoms with E-state index in [0.717, 1.165) is 18.3 Å². The van der Waals surface area contributed by atoms with Gasteiger partial charge < -0.3 is 15.4 Å². The molecule has 0 fully saturated rings. The highest BCUT2D eigenvalue weighted by Gasteiger charge is 2.02. The molecule has 1 aromatic carbocycles. The zero-order chi connectivity index (χ0) is 13.5. The molecule has 1 aromatic rings. The first-order valence-corrected chi connectivity index (χ1v) is 6.17. The van der Waals surface area contributed by atoms with Gasteiger partial charge in [-0.3, -0.25) is 4.99 Å². The maximum Gasteiger partial charge on any atom is 0.191 e. The molecule has 0 saturated carbocycles. The van der Waals surface area contributed by atoms with Gasteiger partial charge in [0.15, 0.2) is 5.96 Å². The molecule has 5 heteroatoms. The summed E-state index contributed by atoms with van der Waals surface area (Å²) in [5, 5.41) is 6.53. The fourth-order valence-electron chi connectivity index (χ4n) is 1.70. The summed E-state index contributed by atoms with van der Waals surface area (Å²) in [7, 11) is 3.46. The summed E-state index contributed by atoms with van der Waals surface area (Å²) in [5.41, 5.74) is 2.37. The third-order valence-electron chi connectivity index (χ3n) is 2.46. The third kappa shape index (κ3) is 6.66. The highest BCUT2D eigenvalue weighted by molar-refractivity contribution is 14.0. The van der Waals surface area contributed by atoms with Crippen LogP contribution in [0.5, 0.6) is 5.75 Å². The normalized spacial score (nSPS) is 10.9. The van der Waals surface area contributed by atoms with Crippen molar-refractivity contribution in [3.05, 3.63) is 29.3 Å². The number of ether oxygens (including phenoxy) is 1. The molecular weight excluding hydrogens is 353 g/mol. The molecule has 0 aliphatic heterocycles. The highest BCUT2D eigenvalue weighted by Crippen LogP contribution is 2.16. The number of aliphatic imine (C=N–C) groups is 1. The average Bonchev–Trinajstić information content (AvgIpc) is 2.33. The number of hydrogen-bond donors (Lipinski definition) is 2. The van der Waals surface area contributed by atoms with Crippen LogP contribution in [0, 0.1) is 6.92 Å². The Morgan fingerprint density at radius 3 is 2.53 bits per heavy atom. The van der Waals surface area contributed by atoms with Crippen molar-refractivity contribution in [2.75, 3.05) is 14.2 Å². The maximum atomic E-state index is 5.26. The van der Waals surface area contributed by atoms with Gasteiger partial charge in [-0.25, -0.2) is 0 Å². The first-order valence-electron chi connectivity index (χ1n) is 6.17. The highest BCUT2D eigenvalue weighted by atomic mass is 127. The van der Waals surface area contributed by atoms with Crippen LogP contribution in [0.2, 0.25) is 0 Å². The summed E-state index contributed by atoms with van der Waals surface area (Å²) in [6.45, 7) is 6.96. The lowest BCUT2D eigenvalue weighted by atomic mass is 10.1. The molecule has 0 amide bonds. The Hall–Kier alpha value is -0.980. The molecule has 0 radical (unpaired) electrons. The van der Waals surface area contributed by atoms with Crippen molar-refractivity contribution in [2.45, 2.75) is 33.4 Å². The smallest absolute Gasteiger partial charge is 0.191 e. The van der Waals surface area contributed by atoms with Crippen LogP contribution in [0.4, 0.5) is 0 Å². The maximum absolute atomic E-state index is 5.26. The molecule has 4 nitrogen and oxygen atoms in total. The van der Waals surface area contributed by atoms with E-state index in [1.54, 1.807) is 14.2 Å². The van der Waals surface area contributed by atoms with E-state index in [4.69, 9.17) is 4.74 Å². The predicted octanol–water partition coefficient (Wildman–Crippen LogP) is 2.70. The second-order valence-electron chi connectivity index (χ2n) is 4.58. The van der Waals surface area contributed by atoms with E-state index in [2.05, 4.69) is 42.5 Å². The van der Waals surface area contributed by atoms with Crippen LogP contribution in [0.25, 0.3) is 0 Å². The first-order chi connectivity index (χ1) is 8.55. The van der Waals surface area contributed by atoms with Crippen LogP contribution >= 0.6 is 24.0 Å². The van der Waals surface area contributed by atoms with Gasteiger partial charge in [-0.2, -0.15) is 0 Å². The van der Waals surface area contributed by atoms with Gasteiger partial charge in [-0.05, 0) is 44.0 Å². The molecule has 0 aromatic heterocycles. The Kier molecular flexibility index (Phi) is 8.54. The monoisotopic (exact) mass is 377 g/mol. The Morgan fingerprint density at radius 1 is 1.32 bits per heavy atom. The van der Waals surface area contributed by atoms with E-state index in [9.17, 15) is 0 Å². The van der Waals surface area contributed by atoms with Crippen molar-refractivity contribution in [3.8, 4) is 5.75 Å². The molecule has 0 unspecified atom stereocenters. The lowest BCUT2D eigenvalue weighted by Crippen LogP contribution is -2.40. The van der Waals surface area contributed by atoms with Gasteiger partial charge in [0, 0.05) is 19.6 Å². The van der Waals surface area contributed by atoms with Gasteiger partial charge in [0.25, 0.3) is 0 Å². The van der Waals surface area contributed by atoms with Crippen molar-refractivity contribution in [2.24, 2.45) is 4.99 Å². The molecule has 1 rings (SSSR count). The van der Waals surface area contributed by atoms with Gasteiger partial charge in [0.05, 0.1) is 7.11 Å². The summed E-state index contributed by atoms with van der Waals surface area (Å²) in [5.74, 6) is 1.70. The number of nitrogens with one attached hydrogen (secondary N) is 2. The van der Waals surface area contributed by atoms with E-state index in [1.807, 2.05) is 12.1 Å². The minimum absolute atomic E-state index is 0. The zero-order valence-electron chi connectivity index (χ0n) is 12.3. The van der Waals surface area contributed by atoms with Crippen molar-refractivity contribution in [1.82, 2.24) is 10.6 Å². The summed E-state index contributed by atoms with van der Waals surface area (Å²) in [4.78, 5) is 4.17. The number of halogens is 1. The lowest BCUT2D eigenvalue weighted by Gasteiger charge is -2.15. The van der Waals surface area contributed by atoms with Gasteiger partial charge in [-0.1, -0.05) is 6.07 Å². The van der Waals surface area contributed by atoms with E-state index < -0.39 is 0 Å². The molecule has 0 bridgehead atoms. The lowest BCUT2D eigenvalue weighted by molar-refractivity contribution is 0.414. The van der Waals surface area contributed by atoms with E-state index in [-0.39, 0.29) is 24.0 Å². The molecular formula is C14H24IN3O. The Bertz CT molecular complexity index is 419. The minimum Gasteiger partial charge on any atom is -0.497 e. The quantitative estimate of drug-likeness (QED) is 0.482.